The number of hydrogen-bond acceptors (Lipinski definition) is 1. The Morgan fingerprint density at radius 3 is 1.91 bits per heavy atom. The van der Waals surface area contributed by atoms with Crippen molar-refractivity contribution in [2.45, 2.75) is 41.0 Å². The second-order valence-electron chi connectivity index (χ2n) is 1.43. The lowest BCUT2D eigenvalue weighted by molar-refractivity contribution is 0.516. The van der Waals surface area contributed by atoms with E-state index in [0.29, 0.717) is 0 Å². The van der Waals surface area contributed by atoms with Gasteiger partial charge in [0.2, 0.25) is 0 Å². The summed E-state index contributed by atoms with van der Waals surface area (Å²) in [6.07, 6.45) is 2.69. The SMILES string of the molecule is CC.CC.CCc1ccco1. The summed E-state index contributed by atoms with van der Waals surface area (Å²) in [5.74, 6) is 1.06. The van der Waals surface area contributed by atoms with Crippen molar-refractivity contribution in [1.29, 1.82) is 0 Å². The van der Waals surface area contributed by atoms with Crippen molar-refractivity contribution in [2.24, 2.45) is 0 Å². The van der Waals surface area contributed by atoms with Gasteiger partial charge in [-0.05, 0) is 12.1 Å². The zero-order valence-electron chi connectivity index (χ0n) is 8.35. The molecule has 1 rings (SSSR count). The minimum absolute atomic E-state index is 0.993. The summed E-state index contributed by atoms with van der Waals surface area (Å²) in [5.41, 5.74) is 0. The molecule has 1 heteroatoms. The van der Waals surface area contributed by atoms with Gasteiger partial charge in [0.15, 0.2) is 0 Å². The highest BCUT2D eigenvalue weighted by atomic mass is 16.3. The van der Waals surface area contributed by atoms with Crippen molar-refractivity contribution < 1.29 is 4.42 Å². The van der Waals surface area contributed by atoms with Crippen LogP contribution in [0.2, 0.25) is 0 Å². The number of rotatable bonds is 1. The fourth-order valence-electron chi connectivity index (χ4n) is 0.514. The lowest BCUT2D eigenvalue weighted by Crippen LogP contribution is -1.66. The standard InChI is InChI=1S/C6H8O.2C2H6/c1-2-6-4-3-5-7-6;2*1-2/h3-5H,2H2,1H3;2*1-2H3. The molecule has 1 nitrogen and oxygen atoms in total. The molecule has 0 N–H and O–H groups in total. The van der Waals surface area contributed by atoms with Crippen molar-refractivity contribution >= 4 is 0 Å². The molecule has 0 amide bonds. The van der Waals surface area contributed by atoms with E-state index in [0.717, 1.165) is 12.2 Å². The Balaban J connectivity index is 0. The highest BCUT2D eigenvalue weighted by Crippen LogP contribution is 1.98. The molecule has 0 aliphatic rings. The first-order valence-electron chi connectivity index (χ1n) is 4.46. The average molecular weight is 156 g/mol. The van der Waals surface area contributed by atoms with E-state index in [1.165, 1.54) is 0 Å². The lowest BCUT2D eigenvalue weighted by atomic mass is 10.4. The number of hydrogen-bond donors (Lipinski definition) is 0. The molecule has 0 bridgehead atoms. The van der Waals surface area contributed by atoms with Crippen LogP contribution in [0.15, 0.2) is 22.8 Å². The maximum Gasteiger partial charge on any atom is 0.103 e. The predicted molar refractivity (Wildman–Crippen MR) is 50.8 cm³/mol. The number of aryl methyl sites for hydroxylation is 1. The molecule has 0 aromatic carbocycles. The van der Waals surface area contributed by atoms with Gasteiger partial charge >= 0.3 is 0 Å². The Kier molecular flexibility index (Phi) is 14.1. The van der Waals surface area contributed by atoms with E-state index in [1.54, 1.807) is 6.26 Å². The maximum atomic E-state index is 4.98. The minimum atomic E-state index is 0.993. The van der Waals surface area contributed by atoms with Crippen molar-refractivity contribution in [3.05, 3.63) is 24.2 Å². The summed E-state index contributed by atoms with van der Waals surface area (Å²) in [5, 5.41) is 0. The highest BCUT2D eigenvalue weighted by Gasteiger charge is 1.84. The molecular weight excluding hydrogens is 136 g/mol. The van der Waals surface area contributed by atoms with Gasteiger partial charge in [0, 0.05) is 6.42 Å². The normalized spacial score (nSPS) is 7.00. The molecule has 1 aromatic heterocycles. The molecular formula is C10H20O. The summed E-state index contributed by atoms with van der Waals surface area (Å²) in [7, 11) is 0. The topological polar surface area (TPSA) is 13.1 Å². The first-order valence-corrected chi connectivity index (χ1v) is 4.46. The zero-order valence-corrected chi connectivity index (χ0v) is 8.35. The summed E-state index contributed by atoms with van der Waals surface area (Å²) < 4.78 is 4.98. The lowest BCUT2D eigenvalue weighted by Gasteiger charge is -1.79. The van der Waals surface area contributed by atoms with Crippen LogP contribution in [-0.4, -0.2) is 0 Å². The molecule has 1 heterocycles. The van der Waals surface area contributed by atoms with Gasteiger partial charge in [-0.2, -0.15) is 0 Å². The molecule has 1 aromatic rings. The van der Waals surface area contributed by atoms with Crippen LogP contribution in [0.1, 0.15) is 40.4 Å². The van der Waals surface area contributed by atoms with Gasteiger partial charge in [0.1, 0.15) is 5.76 Å². The van der Waals surface area contributed by atoms with Crippen molar-refractivity contribution in [3.63, 3.8) is 0 Å². The second kappa shape index (κ2) is 12.0. The molecule has 11 heavy (non-hydrogen) atoms. The third-order valence-corrected chi connectivity index (χ3v) is 0.929. The van der Waals surface area contributed by atoms with Gasteiger partial charge in [-0.25, -0.2) is 0 Å². The molecule has 0 aliphatic heterocycles. The van der Waals surface area contributed by atoms with Crippen molar-refractivity contribution in [2.75, 3.05) is 0 Å². The van der Waals surface area contributed by atoms with Crippen LogP contribution >= 0.6 is 0 Å². The van der Waals surface area contributed by atoms with E-state index >= 15 is 0 Å². The van der Waals surface area contributed by atoms with Crippen LogP contribution in [-0.2, 0) is 6.42 Å². The second-order valence-corrected chi connectivity index (χ2v) is 1.43. The van der Waals surface area contributed by atoms with Crippen molar-refractivity contribution in [3.8, 4) is 0 Å². The summed E-state index contributed by atoms with van der Waals surface area (Å²) in [4.78, 5) is 0. The monoisotopic (exact) mass is 156 g/mol. The zero-order chi connectivity index (χ0) is 9.11. The Labute approximate surface area is 70.4 Å². The third kappa shape index (κ3) is 7.17. The van der Waals surface area contributed by atoms with Crippen LogP contribution in [0.25, 0.3) is 0 Å². The Bertz CT molecular complexity index is 119. The fourth-order valence-corrected chi connectivity index (χ4v) is 0.514. The van der Waals surface area contributed by atoms with Crippen LogP contribution < -0.4 is 0 Å². The van der Waals surface area contributed by atoms with Crippen LogP contribution in [0.5, 0.6) is 0 Å². The minimum Gasteiger partial charge on any atom is -0.469 e. The first kappa shape index (κ1) is 12.9. The largest absolute Gasteiger partial charge is 0.469 e. The van der Waals surface area contributed by atoms with Gasteiger partial charge in [-0.3, -0.25) is 0 Å². The molecule has 0 saturated heterocycles. The van der Waals surface area contributed by atoms with Crippen LogP contribution in [0, 0.1) is 0 Å². The molecule has 0 radical (unpaired) electrons. The van der Waals surface area contributed by atoms with Gasteiger partial charge in [0.25, 0.3) is 0 Å². The Hall–Kier alpha value is -0.720. The molecule has 0 saturated carbocycles. The first-order chi connectivity index (χ1) is 5.43. The molecule has 0 unspecified atom stereocenters. The van der Waals surface area contributed by atoms with Gasteiger partial charge in [0.05, 0.1) is 6.26 Å². The van der Waals surface area contributed by atoms with Crippen LogP contribution in [0.3, 0.4) is 0 Å². The van der Waals surface area contributed by atoms with E-state index in [1.807, 2.05) is 39.8 Å². The van der Waals surface area contributed by atoms with Crippen molar-refractivity contribution in [1.82, 2.24) is 0 Å². The molecule has 0 spiro atoms. The predicted octanol–water partition coefficient (Wildman–Crippen LogP) is 3.89. The molecule has 0 atom stereocenters. The third-order valence-electron chi connectivity index (χ3n) is 0.929. The Morgan fingerprint density at radius 2 is 1.73 bits per heavy atom. The summed E-state index contributed by atoms with van der Waals surface area (Å²) >= 11 is 0. The van der Waals surface area contributed by atoms with Gasteiger partial charge in [-0.1, -0.05) is 34.6 Å². The highest BCUT2D eigenvalue weighted by molar-refractivity contribution is 4.96. The maximum absolute atomic E-state index is 4.98. The van der Waals surface area contributed by atoms with E-state index in [2.05, 4.69) is 6.92 Å². The van der Waals surface area contributed by atoms with E-state index < -0.39 is 0 Å². The van der Waals surface area contributed by atoms with E-state index in [9.17, 15) is 0 Å². The molecule has 0 fully saturated rings. The molecule has 0 aliphatic carbocycles. The van der Waals surface area contributed by atoms with Gasteiger partial charge in [-0.15, -0.1) is 0 Å². The Morgan fingerprint density at radius 1 is 1.18 bits per heavy atom. The number of furan rings is 1. The van der Waals surface area contributed by atoms with E-state index in [4.69, 9.17) is 4.42 Å². The van der Waals surface area contributed by atoms with Crippen LogP contribution in [0.4, 0.5) is 0 Å². The van der Waals surface area contributed by atoms with Gasteiger partial charge < -0.3 is 4.42 Å². The summed E-state index contributed by atoms with van der Waals surface area (Å²) in [6, 6.07) is 3.87. The quantitative estimate of drug-likeness (QED) is 0.601. The van der Waals surface area contributed by atoms with E-state index in [-0.39, 0.29) is 0 Å². The average Bonchev–Trinajstić information content (AvgIpc) is 2.63. The smallest absolute Gasteiger partial charge is 0.103 e. The summed E-state index contributed by atoms with van der Waals surface area (Å²) in [6.45, 7) is 10.1. The molecule has 66 valence electrons. The fraction of sp³-hybridized carbons (Fsp3) is 0.600.